The maximum absolute atomic E-state index is 13.4. The van der Waals surface area contributed by atoms with E-state index in [0.717, 1.165) is 48.2 Å². The number of carbonyl (C=O) groups is 2. The number of amides is 2. The fourth-order valence-corrected chi connectivity index (χ4v) is 5.37. The lowest BCUT2D eigenvalue weighted by Crippen LogP contribution is -2.38. The van der Waals surface area contributed by atoms with Crippen molar-refractivity contribution in [3.63, 3.8) is 0 Å². The van der Waals surface area contributed by atoms with Crippen molar-refractivity contribution in [1.82, 2.24) is 15.2 Å². The summed E-state index contributed by atoms with van der Waals surface area (Å²) in [5, 5.41) is 17.0. The molecule has 0 atom stereocenters. The number of hydrogen-bond donors (Lipinski definition) is 4. The average Bonchev–Trinajstić information content (AvgIpc) is 2.99. The quantitative estimate of drug-likeness (QED) is 0.250. The highest BCUT2D eigenvalue weighted by Crippen LogP contribution is 2.30. The SMILES string of the molecule is CN/C=C(\C=N)c1ccc(C2CCN(C(=O)c3ccc(C)c(NC(=O)c4ccc(NC5CCC5)nc4)c3)CC2)cc1. The largest absolute Gasteiger partial charge is 0.393 e. The van der Waals surface area contributed by atoms with Crippen LogP contribution >= 0.6 is 0 Å². The first-order chi connectivity index (χ1) is 19.9. The predicted octanol–water partition coefficient (Wildman–Crippen LogP) is 5.84. The van der Waals surface area contributed by atoms with E-state index in [1.807, 2.05) is 43.3 Å². The van der Waals surface area contributed by atoms with E-state index >= 15 is 0 Å². The van der Waals surface area contributed by atoms with Gasteiger partial charge in [-0.1, -0.05) is 30.3 Å². The minimum Gasteiger partial charge on any atom is -0.393 e. The lowest BCUT2D eigenvalue weighted by atomic mass is 9.88. The summed E-state index contributed by atoms with van der Waals surface area (Å²) in [6, 6.07) is 18.0. The number of allylic oxidation sites excluding steroid dienone is 1. The molecule has 0 unspecified atom stereocenters. The number of piperidine rings is 1. The van der Waals surface area contributed by atoms with Crippen molar-refractivity contribution < 1.29 is 9.59 Å². The molecule has 2 heterocycles. The first-order valence-corrected chi connectivity index (χ1v) is 14.4. The van der Waals surface area contributed by atoms with E-state index in [4.69, 9.17) is 5.41 Å². The lowest BCUT2D eigenvalue weighted by Gasteiger charge is -2.32. The van der Waals surface area contributed by atoms with E-state index in [9.17, 15) is 9.59 Å². The molecular formula is C33H38N6O2. The second kappa shape index (κ2) is 12.8. The summed E-state index contributed by atoms with van der Waals surface area (Å²) in [5.74, 6) is 0.910. The number of likely N-dealkylation sites (tertiary alicyclic amines) is 1. The summed E-state index contributed by atoms with van der Waals surface area (Å²) in [6.45, 7) is 3.28. The van der Waals surface area contributed by atoms with Crippen LogP contribution in [-0.4, -0.2) is 54.1 Å². The number of aryl methyl sites for hydroxylation is 1. The van der Waals surface area contributed by atoms with Gasteiger partial charge in [-0.2, -0.15) is 0 Å². The molecule has 3 aromatic rings. The van der Waals surface area contributed by atoms with Crippen LogP contribution in [0.25, 0.3) is 5.57 Å². The van der Waals surface area contributed by atoms with Crippen LogP contribution in [0.3, 0.4) is 0 Å². The van der Waals surface area contributed by atoms with Gasteiger partial charge in [0, 0.05) is 61.6 Å². The molecular weight excluding hydrogens is 512 g/mol. The van der Waals surface area contributed by atoms with E-state index < -0.39 is 0 Å². The maximum atomic E-state index is 13.4. The Labute approximate surface area is 241 Å². The van der Waals surface area contributed by atoms with Crippen LogP contribution in [0.4, 0.5) is 11.5 Å². The highest BCUT2D eigenvalue weighted by Gasteiger charge is 2.25. The monoisotopic (exact) mass is 550 g/mol. The number of pyridine rings is 1. The molecule has 212 valence electrons. The Morgan fingerprint density at radius 1 is 0.951 bits per heavy atom. The molecule has 8 heteroatoms. The van der Waals surface area contributed by atoms with Gasteiger partial charge in [0.15, 0.2) is 0 Å². The van der Waals surface area contributed by atoms with Gasteiger partial charge in [-0.15, -0.1) is 0 Å². The number of nitrogens with zero attached hydrogens (tertiary/aromatic N) is 2. The zero-order valence-corrected chi connectivity index (χ0v) is 23.7. The highest BCUT2D eigenvalue weighted by atomic mass is 16.2. The zero-order chi connectivity index (χ0) is 28.8. The molecule has 41 heavy (non-hydrogen) atoms. The van der Waals surface area contributed by atoms with Crippen LogP contribution < -0.4 is 16.0 Å². The van der Waals surface area contributed by atoms with Gasteiger partial charge >= 0.3 is 0 Å². The average molecular weight is 551 g/mol. The number of carbonyl (C=O) groups excluding carboxylic acids is 2. The van der Waals surface area contributed by atoms with Crippen molar-refractivity contribution in [3.8, 4) is 0 Å². The smallest absolute Gasteiger partial charge is 0.257 e. The molecule has 2 aromatic carbocycles. The molecule has 2 fully saturated rings. The maximum Gasteiger partial charge on any atom is 0.257 e. The summed E-state index contributed by atoms with van der Waals surface area (Å²) in [5.41, 5.74) is 5.66. The van der Waals surface area contributed by atoms with Crippen molar-refractivity contribution in [3.05, 3.63) is 94.8 Å². The number of nitrogens with one attached hydrogen (secondary N) is 4. The Morgan fingerprint density at radius 2 is 1.66 bits per heavy atom. The summed E-state index contributed by atoms with van der Waals surface area (Å²) in [6.07, 6.45) is 10.1. The van der Waals surface area contributed by atoms with Gasteiger partial charge < -0.3 is 26.3 Å². The van der Waals surface area contributed by atoms with Crippen LogP contribution in [-0.2, 0) is 0 Å². The zero-order valence-electron chi connectivity index (χ0n) is 23.7. The minimum absolute atomic E-state index is 0.0183. The van der Waals surface area contributed by atoms with Crippen LogP contribution in [0, 0.1) is 12.3 Å². The molecule has 1 aliphatic carbocycles. The predicted molar refractivity (Wildman–Crippen MR) is 165 cm³/mol. The van der Waals surface area contributed by atoms with E-state index in [-0.39, 0.29) is 11.8 Å². The van der Waals surface area contributed by atoms with Crippen LogP contribution in [0.1, 0.15) is 75.4 Å². The van der Waals surface area contributed by atoms with Gasteiger partial charge in [0.2, 0.25) is 0 Å². The summed E-state index contributed by atoms with van der Waals surface area (Å²) in [7, 11) is 1.83. The topological polar surface area (TPSA) is 110 Å². The molecule has 1 aromatic heterocycles. The molecule has 1 saturated heterocycles. The van der Waals surface area contributed by atoms with Gasteiger partial charge in [-0.05, 0) is 85.9 Å². The molecule has 0 radical (unpaired) electrons. The van der Waals surface area contributed by atoms with Crippen LogP contribution in [0.5, 0.6) is 0 Å². The first kappa shape index (κ1) is 28.1. The van der Waals surface area contributed by atoms with E-state index in [0.29, 0.717) is 41.9 Å². The molecule has 0 bridgehead atoms. The number of anilines is 2. The second-order valence-corrected chi connectivity index (χ2v) is 10.9. The highest BCUT2D eigenvalue weighted by molar-refractivity contribution is 6.08. The normalized spacial score (nSPS) is 16.0. The molecule has 0 spiro atoms. The molecule has 1 aliphatic heterocycles. The molecule has 8 nitrogen and oxygen atoms in total. The fraction of sp³-hybridized carbons (Fsp3) is 0.333. The number of hydrogen-bond acceptors (Lipinski definition) is 6. The van der Waals surface area contributed by atoms with Crippen LogP contribution in [0.2, 0.25) is 0 Å². The summed E-state index contributed by atoms with van der Waals surface area (Å²) in [4.78, 5) is 32.6. The van der Waals surface area contributed by atoms with Crippen molar-refractivity contribution in [2.45, 2.75) is 51.0 Å². The lowest BCUT2D eigenvalue weighted by molar-refractivity contribution is 0.0712. The van der Waals surface area contributed by atoms with Crippen molar-refractivity contribution in [1.29, 1.82) is 5.41 Å². The fourth-order valence-electron chi connectivity index (χ4n) is 5.37. The number of benzene rings is 2. The molecule has 5 rings (SSSR count). The molecule has 2 amide bonds. The van der Waals surface area contributed by atoms with E-state index in [1.165, 1.54) is 18.2 Å². The van der Waals surface area contributed by atoms with Gasteiger partial charge in [0.25, 0.3) is 11.8 Å². The molecule has 2 aliphatic rings. The first-order valence-electron chi connectivity index (χ1n) is 14.4. The van der Waals surface area contributed by atoms with Gasteiger partial charge in [0.05, 0.1) is 5.56 Å². The van der Waals surface area contributed by atoms with E-state index in [1.54, 1.807) is 18.3 Å². The van der Waals surface area contributed by atoms with Crippen molar-refractivity contribution >= 4 is 35.1 Å². The van der Waals surface area contributed by atoms with Crippen molar-refractivity contribution in [2.75, 3.05) is 30.8 Å². The third-order valence-electron chi connectivity index (χ3n) is 8.17. The third kappa shape index (κ3) is 6.65. The van der Waals surface area contributed by atoms with Gasteiger partial charge in [-0.3, -0.25) is 9.59 Å². The summed E-state index contributed by atoms with van der Waals surface area (Å²) < 4.78 is 0. The molecule has 1 saturated carbocycles. The Bertz CT molecular complexity index is 1420. The summed E-state index contributed by atoms with van der Waals surface area (Å²) >= 11 is 0. The molecule has 4 N–H and O–H groups in total. The Balaban J connectivity index is 1.18. The number of aromatic nitrogens is 1. The third-order valence-corrected chi connectivity index (χ3v) is 8.17. The standard InChI is InChI=1S/C33H38N6O2/c1-22-6-7-26(18-30(22)38-32(40)27-12-13-31(36-21-27)37-29-4-3-5-29)33(41)39-16-14-25(15-17-39)23-8-10-24(11-9-23)28(19-34)20-35-2/h6-13,18-21,25,29,34-35H,3-5,14-17H2,1-2H3,(H,36,37)(H,38,40)/b28-20+,34-19?. The number of rotatable bonds is 9. The van der Waals surface area contributed by atoms with Crippen molar-refractivity contribution in [2.24, 2.45) is 0 Å². The van der Waals surface area contributed by atoms with Crippen LogP contribution in [0.15, 0.2) is 67.0 Å². The second-order valence-electron chi connectivity index (χ2n) is 10.9. The van der Waals surface area contributed by atoms with Gasteiger partial charge in [-0.25, -0.2) is 4.98 Å². The minimum atomic E-state index is -0.249. The van der Waals surface area contributed by atoms with E-state index in [2.05, 4.69) is 45.2 Å². The Kier molecular flexibility index (Phi) is 8.77. The Morgan fingerprint density at radius 3 is 2.27 bits per heavy atom. The Hall–Kier alpha value is -4.46. The van der Waals surface area contributed by atoms with Gasteiger partial charge in [0.1, 0.15) is 5.82 Å².